The van der Waals surface area contributed by atoms with Gasteiger partial charge in [-0.05, 0) is 126 Å². The van der Waals surface area contributed by atoms with E-state index in [-0.39, 0.29) is 99.0 Å². The molecule has 5 aromatic rings. The third-order valence-electron chi connectivity index (χ3n) is 23.1. The predicted molar refractivity (Wildman–Crippen MR) is 498 cm³/mol. The first-order valence-electron chi connectivity index (χ1n) is 43.0. The standard InChI is InChI=1S/C89H120ClN15O22S4/c1-48-19-18-25-69(124-10)89(122)44-68(125-87(121)103-89)49(2)77-88(6,127-77)70(43-73(111)105(8)66-40-55(37-48)41-67(123-9)74(66)90)126-86(120)50(3)104(7)72(110)31-36-129-128-35-30-71(109)93-33-34-94-84(118)75(51(4)106)101-83(117)65-47-131-130-46-64(99-78(112)59(92)38-53-20-12-11-13-21-53)82(116)97-62(39-54-26-28-57(108)29-27-54)80(114)98-63(42-56-45-95-60-23-15-14-22-58(56)60)81(115)96-61(24-16-17-32-91)79(113)102-76(52(5)107)85(119)100-65/h11-15,18-23,25-29,40-41,45,49-52,59,61-65,68-70,75-77,95,106-108,122H,16-17,24,30-39,42-44,46-47,91-92H2,1-10H3,(H,93,109)(H,94,118)(H,96,115)(H,97,116)(H,98,114)(H,99,112)(H,100,119)(H,101,117)(H,102,113)(H,103,121)/b25-18+,48-19+/t49-,50+,51-,52-,59-,61+,62+,63-,64+,65+,68+,69-,70+,75+,76+,77+,88+,89+/m1/s1. The maximum atomic E-state index is 15.0. The number of epoxide rings is 1. The molecule has 3 saturated heterocycles. The molecule has 37 nitrogen and oxygen atoms in total. The third kappa shape index (κ3) is 29.7. The summed E-state index contributed by atoms with van der Waals surface area (Å²) in [6.45, 7) is 9.02. The highest BCUT2D eigenvalue weighted by atomic mass is 35.5. The maximum Gasteiger partial charge on any atom is 0.409 e. The number of phenolic OH excluding ortho intramolecular Hbond substituents is 1. The number of carbonyl (C=O) groups excluding carboxylic acids is 13. The highest BCUT2D eigenvalue weighted by Crippen LogP contribution is 2.50. The third-order valence-corrected chi connectivity index (χ3v) is 28.3. The number of amides is 12. The zero-order chi connectivity index (χ0) is 95.6. The van der Waals surface area contributed by atoms with Crippen molar-refractivity contribution in [1.29, 1.82) is 0 Å². The van der Waals surface area contributed by atoms with E-state index in [1.807, 2.05) is 19.1 Å². The summed E-state index contributed by atoms with van der Waals surface area (Å²) in [6, 6.07) is 11.8. The number of aliphatic hydroxyl groups excluding tert-OH is 2. The minimum absolute atomic E-state index is 0.00636. The Hall–Kier alpha value is -10.2. The van der Waals surface area contributed by atoms with Crippen molar-refractivity contribution in [2.45, 2.75) is 214 Å². The van der Waals surface area contributed by atoms with E-state index in [0.29, 0.717) is 51.9 Å². The van der Waals surface area contributed by atoms with Gasteiger partial charge in [-0.1, -0.05) is 146 Å². The number of likely N-dealkylation sites (N-methyl/N-ethyl adjacent to an activating group) is 1. The van der Waals surface area contributed by atoms with Crippen LogP contribution in [0.1, 0.15) is 109 Å². The maximum absolute atomic E-state index is 15.0. The SMILES string of the molecule is COc1cc2cc(c1Cl)N(C)C(=O)C[C@H](OC(=O)[C@H](C)N(C)C(=O)CCSSCCC(=O)NCCNC(=O)[C@@H](NC(=O)[C@@H]1CSSC[C@H](NC(=O)[C@H](N)Cc3ccccc3)C(=O)N[C@@H](Cc3ccc(O)cc3)C(=O)N[C@H](Cc3c[nH]c4ccccc34)C(=O)N[C@@H](CCCCN)C(=O)N[C@@H]([C@@H](C)O)C(=O)N1)[C@@H](C)O)[C@]1(C)O[C@H]1[C@H](C)[C@@H]1C[C@@](O)(NC(=O)O1)[C@H](OC)/C=C/C=C(\C)C2. The number of benzene rings is 4. The lowest BCUT2D eigenvalue weighted by molar-refractivity contribution is -0.162. The second kappa shape index (κ2) is 49.5. The van der Waals surface area contributed by atoms with Gasteiger partial charge in [0.25, 0.3) is 0 Å². The van der Waals surface area contributed by atoms with Crippen molar-refractivity contribution in [3.63, 3.8) is 0 Å². The molecule has 3 fully saturated rings. The summed E-state index contributed by atoms with van der Waals surface area (Å²) in [5.74, 6) is -10.3. The lowest BCUT2D eigenvalue weighted by atomic mass is 9.83. The molecule has 4 aliphatic heterocycles. The summed E-state index contributed by atoms with van der Waals surface area (Å²) in [6.07, 6.45) is -1.50. The minimum atomic E-state index is -1.93. The van der Waals surface area contributed by atoms with Crippen LogP contribution in [0.4, 0.5) is 10.5 Å². The molecule has 1 aromatic heterocycles. The quantitative estimate of drug-likeness (QED) is 0.0127. The van der Waals surface area contributed by atoms with Gasteiger partial charge in [-0.25, -0.2) is 9.59 Å². The number of nitrogens with one attached hydrogen (secondary N) is 11. The molecule has 0 aliphatic carbocycles. The van der Waals surface area contributed by atoms with Crippen LogP contribution in [-0.4, -0.2) is 281 Å². The molecule has 19 N–H and O–H groups in total. The fraction of sp³-hybridized carbons (Fsp3) is 0.517. The smallest absolute Gasteiger partial charge is 0.409 e. The number of H-pyrrole nitrogens is 1. The summed E-state index contributed by atoms with van der Waals surface area (Å²) in [7, 11) is 10.2. The topological polar surface area (TPSA) is 547 Å². The average Bonchev–Trinajstić information content (AvgIpc) is 1.57. The number of hydrogen-bond acceptors (Lipinski definition) is 28. The van der Waals surface area contributed by atoms with Crippen LogP contribution < -0.4 is 74.3 Å². The number of alkyl carbamates (subject to hydrolysis) is 1. The van der Waals surface area contributed by atoms with E-state index in [2.05, 4.69) is 58.2 Å². The number of nitrogens with zero attached hydrogens (tertiary/aromatic N) is 2. The molecule has 0 saturated carbocycles. The summed E-state index contributed by atoms with van der Waals surface area (Å²) >= 11 is 6.87. The van der Waals surface area contributed by atoms with Gasteiger partial charge >= 0.3 is 12.1 Å². The molecule has 0 radical (unpaired) electrons. The number of allylic oxidation sites excluding steroid dienone is 3. The van der Waals surface area contributed by atoms with Gasteiger partial charge in [0.1, 0.15) is 88.8 Å². The number of anilines is 1. The Labute approximate surface area is 780 Å². The molecule has 9 rings (SSSR count). The van der Waals surface area contributed by atoms with Crippen molar-refractivity contribution in [3.05, 3.63) is 148 Å². The van der Waals surface area contributed by atoms with Gasteiger partial charge in [0, 0.05) is 112 Å². The number of unbranched alkanes of at least 4 members (excludes halogenated alkanes) is 1. The van der Waals surface area contributed by atoms with Crippen LogP contribution in [0.2, 0.25) is 5.02 Å². The number of aromatic nitrogens is 1. The van der Waals surface area contributed by atoms with Crippen molar-refractivity contribution in [2.24, 2.45) is 17.4 Å². The van der Waals surface area contributed by atoms with E-state index in [4.69, 9.17) is 46.8 Å². The zero-order valence-corrected chi connectivity index (χ0v) is 78.7. The van der Waals surface area contributed by atoms with Gasteiger partial charge in [-0.3, -0.25) is 58.1 Å². The molecule has 42 heteroatoms. The summed E-state index contributed by atoms with van der Waals surface area (Å²) < 4.78 is 29.6. The number of hydrogen-bond donors (Lipinski definition) is 17. The fourth-order valence-corrected chi connectivity index (χ4v) is 19.8. The first-order chi connectivity index (χ1) is 62.3. The number of carbonyl (C=O) groups is 13. The normalized spacial score (nSPS) is 25.6. The number of aliphatic hydroxyl groups is 3. The van der Waals surface area contributed by atoms with E-state index in [1.54, 1.807) is 92.9 Å². The lowest BCUT2D eigenvalue weighted by Crippen LogP contribution is -2.63. The summed E-state index contributed by atoms with van der Waals surface area (Å²) in [5, 5.41) is 71.7. The van der Waals surface area contributed by atoms with Crippen molar-refractivity contribution >= 4 is 148 Å². The van der Waals surface area contributed by atoms with E-state index in [1.165, 1.54) is 105 Å². The molecule has 131 heavy (non-hydrogen) atoms. The van der Waals surface area contributed by atoms with Gasteiger partial charge in [0.15, 0.2) is 5.72 Å². The number of halogens is 1. The van der Waals surface area contributed by atoms with E-state index in [9.17, 15) is 78.0 Å². The number of methoxy groups -OCH3 is 2. The largest absolute Gasteiger partial charge is 0.508 e. The molecule has 4 bridgehead atoms. The second-order valence-electron chi connectivity index (χ2n) is 33.0. The zero-order valence-electron chi connectivity index (χ0n) is 74.6. The summed E-state index contributed by atoms with van der Waals surface area (Å²) in [5.41, 5.74) is 13.4. The number of rotatable bonds is 32. The van der Waals surface area contributed by atoms with Gasteiger partial charge in [-0.2, -0.15) is 0 Å². The van der Waals surface area contributed by atoms with Crippen LogP contribution in [0, 0.1) is 5.92 Å². The Balaban J connectivity index is 0.818. The van der Waals surface area contributed by atoms with E-state index in [0.717, 1.165) is 32.7 Å². The number of ether oxygens (including phenoxy) is 5. The highest BCUT2D eigenvalue weighted by molar-refractivity contribution is 8.77. The Morgan fingerprint density at radius 1 is 0.794 bits per heavy atom. The second-order valence-corrected chi connectivity index (χ2v) is 38.7. The number of phenols is 1. The number of para-hydroxylation sites is 1. The Morgan fingerprint density at radius 3 is 2.14 bits per heavy atom. The molecule has 0 unspecified atom stereocenters. The monoisotopic (exact) mass is 1910 g/mol. The molecule has 18 atom stereocenters. The van der Waals surface area contributed by atoms with Crippen molar-refractivity contribution < 1.29 is 106 Å². The highest BCUT2D eigenvalue weighted by Gasteiger charge is 2.65. The van der Waals surface area contributed by atoms with Gasteiger partial charge in [0.2, 0.25) is 65.0 Å². The molecule has 12 amide bonds. The lowest BCUT2D eigenvalue weighted by Gasteiger charge is -2.42. The van der Waals surface area contributed by atoms with Gasteiger partial charge in [0.05, 0.1) is 43.6 Å². The number of aromatic hydroxyl groups is 1. The average molecular weight is 1920 g/mol. The predicted octanol–water partition coefficient (Wildman–Crippen LogP) is 2.83. The van der Waals surface area contributed by atoms with Crippen LogP contribution in [0.25, 0.3) is 10.9 Å². The van der Waals surface area contributed by atoms with Crippen LogP contribution in [0.3, 0.4) is 0 Å². The van der Waals surface area contributed by atoms with Crippen LogP contribution >= 0.6 is 54.8 Å². The molecule has 714 valence electrons. The minimum Gasteiger partial charge on any atom is -0.508 e. The Morgan fingerprint density at radius 2 is 1.45 bits per heavy atom. The van der Waals surface area contributed by atoms with Crippen LogP contribution in [-0.2, 0) is 102 Å². The van der Waals surface area contributed by atoms with E-state index >= 15 is 4.79 Å². The molecule has 4 aromatic carbocycles. The number of nitrogens with two attached hydrogens (primary N) is 2. The first-order valence-corrected chi connectivity index (χ1v) is 48.4. The van der Waals surface area contributed by atoms with Crippen molar-refractivity contribution in [2.75, 3.05) is 75.9 Å². The van der Waals surface area contributed by atoms with Gasteiger partial charge < -0.3 is 118 Å². The first kappa shape index (κ1) is 105. The number of aromatic amines is 1. The van der Waals surface area contributed by atoms with Crippen LogP contribution in [0.15, 0.2) is 121 Å². The van der Waals surface area contributed by atoms with E-state index < -0.39 is 197 Å². The number of esters is 1. The molecular weight excluding hydrogens is 1790 g/mol. The fourth-order valence-electron chi connectivity index (χ4n) is 15.2. The Kier molecular flexibility index (Phi) is 39.5. The molecule has 0 spiro atoms. The summed E-state index contributed by atoms with van der Waals surface area (Å²) in [4.78, 5) is 192. The van der Waals surface area contributed by atoms with Crippen molar-refractivity contribution in [3.8, 4) is 11.5 Å². The van der Waals surface area contributed by atoms with Crippen LogP contribution in [0.5, 0.6) is 11.5 Å². The number of fused-ring (bicyclic) bond motifs is 6. The van der Waals surface area contributed by atoms with Gasteiger partial charge in [-0.15, -0.1) is 0 Å². The molecule has 5 heterocycles. The molecular formula is C89H120ClN15O22S4. The molecule has 4 aliphatic rings. The Bertz CT molecular complexity index is 4910. The van der Waals surface area contributed by atoms with Crippen molar-refractivity contribution in [1.82, 2.24) is 63.1 Å².